The molecule has 1 aliphatic rings. The molecule has 0 radical (unpaired) electrons. The third-order valence-electron chi connectivity index (χ3n) is 5.37. The highest BCUT2D eigenvalue weighted by molar-refractivity contribution is 5.89. The Morgan fingerprint density at radius 1 is 0.944 bits per heavy atom. The predicted molar refractivity (Wildman–Crippen MR) is 133 cm³/mol. The van der Waals surface area contributed by atoms with Gasteiger partial charge in [-0.3, -0.25) is 9.82 Å². The number of benzene rings is 2. The third-order valence-corrected chi connectivity index (χ3v) is 5.37. The summed E-state index contributed by atoms with van der Waals surface area (Å²) in [4.78, 5) is 30.6. The van der Waals surface area contributed by atoms with Crippen LogP contribution in [0, 0.1) is 17.7 Å². The highest BCUT2D eigenvalue weighted by Gasteiger charge is 2.31. The number of anilines is 3. The molecule has 0 spiro atoms. The number of hydrogen-bond acceptors (Lipinski definition) is 6. The third kappa shape index (κ3) is 5.63. The molecule has 1 saturated heterocycles. The van der Waals surface area contributed by atoms with E-state index in [4.69, 9.17) is 4.84 Å². The second-order valence-corrected chi connectivity index (χ2v) is 7.95. The Labute approximate surface area is 207 Å². The molecule has 2 aromatic heterocycles. The average molecular weight is 481 g/mol. The maximum atomic E-state index is 13.3. The van der Waals surface area contributed by atoms with Gasteiger partial charge in [0.15, 0.2) is 0 Å². The summed E-state index contributed by atoms with van der Waals surface area (Å²) >= 11 is 0. The number of urea groups is 1. The number of hydrogen-bond donors (Lipinski definition) is 2. The molecule has 178 valence electrons. The van der Waals surface area contributed by atoms with Gasteiger partial charge in [0.05, 0.1) is 36.3 Å². The standard InChI is InChI=1S/C27H21FN6O2/c28-22-14-24(18-29-17-22)32-26-30-15-20(16-31-26)10-9-19-5-4-8-23(13-19)33-27(35)34-25(11-12-36-34)21-6-2-1-3-7-21/h1-8,13-18,25H,11-12H2,(H,33,35)(H,30,31,32)/t25-/m0/s1. The number of rotatable bonds is 4. The molecule has 1 aliphatic heterocycles. The van der Waals surface area contributed by atoms with Crippen LogP contribution in [-0.2, 0) is 4.84 Å². The Kier molecular flexibility index (Phi) is 6.78. The van der Waals surface area contributed by atoms with E-state index in [-0.39, 0.29) is 12.1 Å². The number of amides is 2. The molecule has 0 unspecified atom stereocenters. The molecular formula is C27H21FN6O2. The predicted octanol–water partition coefficient (Wildman–Crippen LogP) is 5.06. The first-order chi connectivity index (χ1) is 17.6. The average Bonchev–Trinajstić information content (AvgIpc) is 3.40. The molecule has 36 heavy (non-hydrogen) atoms. The number of hydroxylamine groups is 2. The summed E-state index contributed by atoms with van der Waals surface area (Å²) in [5.74, 6) is 5.90. The maximum absolute atomic E-state index is 13.3. The first-order valence-electron chi connectivity index (χ1n) is 11.2. The van der Waals surface area contributed by atoms with E-state index in [0.29, 0.717) is 35.1 Å². The van der Waals surface area contributed by atoms with E-state index in [1.54, 1.807) is 24.5 Å². The first-order valence-corrected chi connectivity index (χ1v) is 11.2. The zero-order chi connectivity index (χ0) is 24.7. The van der Waals surface area contributed by atoms with E-state index in [1.807, 2.05) is 42.5 Å². The number of carbonyl (C=O) groups excluding carboxylic acids is 1. The summed E-state index contributed by atoms with van der Waals surface area (Å²) in [6, 6.07) is 17.9. The number of nitrogens with zero attached hydrogens (tertiary/aromatic N) is 4. The Bertz CT molecular complexity index is 1420. The summed E-state index contributed by atoms with van der Waals surface area (Å²) < 4.78 is 13.3. The second kappa shape index (κ2) is 10.6. The second-order valence-electron chi connectivity index (χ2n) is 7.95. The molecule has 2 aromatic carbocycles. The van der Waals surface area contributed by atoms with Crippen LogP contribution in [0.5, 0.6) is 0 Å². The number of aromatic nitrogens is 3. The molecule has 1 atom stereocenters. The summed E-state index contributed by atoms with van der Waals surface area (Å²) in [6.45, 7) is 0.480. The Morgan fingerprint density at radius 2 is 1.75 bits per heavy atom. The molecule has 0 bridgehead atoms. The summed E-state index contributed by atoms with van der Waals surface area (Å²) in [6.07, 6.45) is 6.46. The van der Waals surface area contributed by atoms with E-state index in [1.165, 1.54) is 17.3 Å². The van der Waals surface area contributed by atoms with E-state index >= 15 is 0 Å². The van der Waals surface area contributed by atoms with Gasteiger partial charge in [-0.05, 0) is 23.8 Å². The molecule has 0 aliphatic carbocycles. The van der Waals surface area contributed by atoms with E-state index in [2.05, 4.69) is 37.4 Å². The lowest BCUT2D eigenvalue weighted by Gasteiger charge is -2.23. The fourth-order valence-corrected chi connectivity index (χ4v) is 3.71. The Morgan fingerprint density at radius 3 is 2.56 bits per heavy atom. The largest absolute Gasteiger partial charge is 0.346 e. The van der Waals surface area contributed by atoms with Gasteiger partial charge >= 0.3 is 6.03 Å². The minimum Gasteiger partial charge on any atom is -0.323 e. The fourth-order valence-electron chi connectivity index (χ4n) is 3.71. The van der Waals surface area contributed by atoms with E-state index in [9.17, 15) is 9.18 Å². The van der Waals surface area contributed by atoms with Crippen LogP contribution in [0.3, 0.4) is 0 Å². The molecular weight excluding hydrogens is 459 g/mol. The molecule has 0 saturated carbocycles. The van der Waals surface area contributed by atoms with Gasteiger partial charge < -0.3 is 10.6 Å². The molecule has 1 fully saturated rings. The highest BCUT2D eigenvalue weighted by Crippen LogP contribution is 2.30. The Balaban J connectivity index is 1.23. The van der Waals surface area contributed by atoms with Crippen molar-refractivity contribution in [3.05, 3.63) is 108 Å². The molecule has 4 aromatic rings. The summed E-state index contributed by atoms with van der Waals surface area (Å²) in [5, 5.41) is 7.16. The summed E-state index contributed by atoms with van der Waals surface area (Å²) in [7, 11) is 0. The lowest BCUT2D eigenvalue weighted by Crippen LogP contribution is -2.33. The van der Waals surface area contributed by atoms with Gasteiger partial charge in [0, 0.05) is 36.1 Å². The molecule has 9 heteroatoms. The van der Waals surface area contributed by atoms with Crippen LogP contribution < -0.4 is 10.6 Å². The van der Waals surface area contributed by atoms with Crippen LogP contribution in [0.15, 0.2) is 85.5 Å². The maximum Gasteiger partial charge on any atom is 0.346 e. The summed E-state index contributed by atoms with van der Waals surface area (Å²) in [5.41, 5.74) is 3.39. The van der Waals surface area contributed by atoms with Gasteiger partial charge in [0.25, 0.3) is 0 Å². The van der Waals surface area contributed by atoms with Crippen molar-refractivity contribution in [2.45, 2.75) is 12.5 Å². The van der Waals surface area contributed by atoms with E-state index < -0.39 is 5.82 Å². The quantitative estimate of drug-likeness (QED) is 0.397. The van der Waals surface area contributed by atoms with Crippen molar-refractivity contribution in [3.63, 3.8) is 0 Å². The number of halogens is 1. The van der Waals surface area contributed by atoms with Gasteiger partial charge in [0.1, 0.15) is 5.82 Å². The van der Waals surface area contributed by atoms with Crippen molar-refractivity contribution in [1.29, 1.82) is 0 Å². The van der Waals surface area contributed by atoms with Crippen molar-refractivity contribution in [2.75, 3.05) is 17.2 Å². The SMILES string of the molecule is O=C(Nc1cccc(C#Cc2cnc(Nc3cncc(F)c3)nc2)c1)N1OCC[C@H]1c1ccccc1. The minimum absolute atomic E-state index is 0.135. The van der Waals surface area contributed by atoms with Gasteiger partial charge in [-0.15, -0.1) is 0 Å². The van der Waals surface area contributed by atoms with E-state index in [0.717, 1.165) is 18.2 Å². The number of pyridine rings is 1. The van der Waals surface area contributed by atoms with Crippen molar-refractivity contribution < 1.29 is 14.0 Å². The van der Waals surface area contributed by atoms with Gasteiger partial charge in [-0.2, -0.15) is 5.06 Å². The topological polar surface area (TPSA) is 92.3 Å². The van der Waals surface area contributed by atoms with Crippen molar-refractivity contribution >= 4 is 23.4 Å². The number of carbonyl (C=O) groups is 1. The Hall–Kier alpha value is -4.81. The van der Waals surface area contributed by atoms with Crippen molar-refractivity contribution in [3.8, 4) is 11.8 Å². The monoisotopic (exact) mass is 480 g/mol. The van der Waals surface area contributed by atoms with Crippen LogP contribution in [0.25, 0.3) is 0 Å². The van der Waals surface area contributed by atoms with Crippen molar-refractivity contribution in [2.24, 2.45) is 0 Å². The zero-order valence-corrected chi connectivity index (χ0v) is 19.1. The molecule has 8 nitrogen and oxygen atoms in total. The zero-order valence-electron chi connectivity index (χ0n) is 19.1. The minimum atomic E-state index is -0.454. The lowest BCUT2D eigenvalue weighted by atomic mass is 10.1. The van der Waals surface area contributed by atoms with Gasteiger partial charge in [-0.25, -0.2) is 19.2 Å². The molecule has 3 heterocycles. The smallest absolute Gasteiger partial charge is 0.323 e. The van der Waals surface area contributed by atoms with Crippen LogP contribution in [-0.4, -0.2) is 32.7 Å². The van der Waals surface area contributed by atoms with Gasteiger partial charge in [0.2, 0.25) is 5.95 Å². The lowest BCUT2D eigenvalue weighted by molar-refractivity contribution is -0.0829. The van der Waals surface area contributed by atoms with Crippen LogP contribution >= 0.6 is 0 Å². The normalized spacial score (nSPS) is 14.6. The molecule has 2 N–H and O–H groups in total. The van der Waals surface area contributed by atoms with Crippen LogP contribution in [0.1, 0.15) is 29.2 Å². The number of nitrogens with one attached hydrogen (secondary N) is 2. The van der Waals surface area contributed by atoms with Crippen LogP contribution in [0.2, 0.25) is 0 Å². The van der Waals surface area contributed by atoms with Gasteiger partial charge in [-0.1, -0.05) is 48.2 Å². The first kappa shape index (κ1) is 23.0. The fraction of sp³-hybridized carbons (Fsp3) is 0.111. The van der Waals surface area contributed by atoms with Crippen molar-refractivity contribution in [1.82, 2.24) is 20.0 Å². The van der Waals surface area contributed by atoms with Crippen LogP contribution in [0.4, 0.5) is 26.5 Å². The molecule has 5 rings (SSSR count). The highest BCUT2D eigenvalue weighted by atomic mass is 19.1. The molecule has 2 amide bonds.